The summed E-state index contributed by atoms with van der Waals surface area (Å²) in [7, 11) is 1.67. The van der Waals surface area contributed by atoms with Crippen molar-refractivity contribution in [2.75, 3.05) is 13.7 Å². The van der Waals surface area contributed by atoms with Crippen LogP contribution in [0.4, 0.5) is 0 Å². The van der Waals surface area contributed by atoms with Gasteiger partial charge in [0.25, 0.3) is 0 Å². The summed E-state index contributed by atoms with van der Waals surface area (Å²) in [4.78, 5) is 16.2. The van der Waals surface area contributed by atoms with Gasteiger partial charge < -0.3 is 10.1 Å². The molecule has 1 aliphatic carbocycles. The molecule has 1 heterocycles. The minimum absolute atomic E-state index is 0.0535. The molecular formula is C19H22N2O2. The van der Waals surface area contributed by atoms with E-state index in [1.165, 1.54) is 12.0 Å². The lowest BCUT2D eigenvalue weighted by Crippen LogP contribution is -2.45. The Morgan fingerprint density at radius 1 is 1.26 bits per heavy atom. The van der Waals surface area contributed by atoms with E-state index >= 15 is 0 Å². The molecular weight excluding hydrogens is 288 g/mol. The molecule has 1 amide bonds. The summed E-state index contributed by atoms with van der Waals surface area (Å²) in [5.74, 6) is 0.918. The summed E-state index contributed by atoms with van der Waals surface area (Å²) in [5, 5.41) is 3.10. The van der Waals surface area contributed by atoms with Crippen LogP contribution in [0.5, 0.6) is 5.75 Å². The van der Waals surface area contributed by atoms with E-state index in [0.29, 0.717) is 13.0 Å². The van der Waals surface area contributed by atoms with Crippen molar-refractivity contribution in [3.8, 4) is 5.75 Å². The lowest BCUT2D eigenvalue weighted by Gasteiger charge is -2.42. The number of aromatic nitrogens is 1. The van der Waals surface area contributed by atoms with E-state index in [1.54, 1.807) is 19.5 Å². The van der Waals surface area contributed by atoms with Crippen LogP contribution in [-0.2, 0) is 16.6 Å². The van der Waals surface area contributed by atoms with Gasteiger partial charge in [-0.2, -0.15) is 0 Å². The third-order valence-electron chi connectivity index (χ3n) is 4.72. The fourth-order valence-corrected chi connectivity index (χ4v) is 3.13. The molecule has 4 heteroatoms. The lowest BCUT2D eigenvalue weighted by atomic mass is 9.64. The number of carbonyl (C=O) groups is 1. The van der Waals surface area contributed by atoms with E-state index in [1.807, 2.05) is 24.3 Å². The third-order valence-corrected chi connectivity index (χ3v) is 4.72. The van der Waals surface area contributed by atoms with Crippen LogP contribution in [0.1, 0.15) is 30.4 Å². The number of nitrogens with one attached hydrogen (secondary N) is 1. The summed E-state index contributed by atoms with van der Waals surface area (Å²) < 4.78 is 5.22. The molecule has 0 unspecified atom stereocenters. The second kappa shape index (κ2) is 6.82. The zero-order valence-electron chi connectivity index (χ0n) is 13.4. The molecule has 1 saturated carbocycles. The molecule has 0 saturated heterocycles. The van der Waals surface area contributed by atoms with E-state index in [-0.39, 0.29) is 11.3 Å². The smallest absolute Gasteiger partial charge is 0.224 e. The number of carbonyl (C=O) groups excluding carboxylic acids is 1. The van der Waals surface area contributed by atoms with Gasteiger partial charge in [-0.25, -0.2) is 0 Å². The van der Waals surface area contributed by atoms with Crippen molar-refractivity contribution >= 4 is 5.91 Å². The van der Waals surface area contributed by atoms with Crippen molar-refractivity contribution in [1.82, 2.24) is 10.3 Å². The maximum absolute atomic E-state index is 12.2. The summed E-state index contributed by atoms with van der Waals surface area (Å²) in [5.41, 5.74) is 2.31. The second-order valence-electron chi connectivity index (χ2n) is 6.18. The SMILES string of the molecule is COc1ccc(C2(CNC(=O)Cc3cccnc3)CCC2)cc1. The molecule has 120 valence electrons. The Bertz CT molecular complexity index is 649. The molecule has 1 N–H and O–H groups in total. The lowest BCUT2D eigenvalue weighted by molar-refractivity contribution is -0.120. The highest BCUT2D eigenvalue weighted by Crippen LogP contribution is 2.43. The third kappa shape index (κ3) is 3.52. The van der Waals surface area contributed by atoms with Crippen molar-refractivity contribution in [3.05, 3.63) is 59.9 Å². The van der Waals surface area contributed by atoms with Gasteiger partial charge in [-0.3, -0.25) is 9.78 Å². The monoisotopic (exact) mass is 310 g/mol. The fraction of sp³-hybridized carbons (Fsp3) is 0.368. The number of nitrogens with zero attached hydrogens (tertiary/aromatic N) is 1. The van der Waals surface area contributed by atoms with Crippen LogP contribution < -0.4 is 10.1 Å². The minimum Gasteiger partial charge on any atom is -0.497 e. The highest BCUT2D eigenvalue weighted by atomic mass is 16.5. The standard InChI is InChI=1S/C19H22N2O2/c1-23-17-7-5-16(6-8-17)19(9-3-10-19)14-21-18(22)12-15-4-2-11-20-13-15/h2,4-8,11,13H,3,9-10,12,14H2,1H3,(H,21,22). The van der Waals surface area contributed by atoms with Crippen LogP contribution in [-0.4, -0.2) is 24.5 Å². The number of ether oxygens (including phenoxy) is 1. The minimum atomic E-state index is 0.0535. The van der Waals surface area contributed by atoms with Gasteiger partial charge in [0.2, 0.25) is 5.91 Å². The number of hydrogen-bond acceptors (Lipinski definition) is 3. The topological polar surface area (TPSA) is 51.2 Å². The van der Waals surface area contributed by atoms with Gasteiger partial charge in [0.15, 0.2) is 0 Å². The number of amides is 1. The molecule has 3 rings (SSSR count). The van der Waals surface area contributed by atoms with Crippen LogP contribution in [0.2, 0.25) is 0 Å². The maximum Gasteiger partial charge on any atom is 0.224 e. The maximum atomic E-state index is 12.2. The molecule has 1 aliphatic rings. The number of pyridine rings is 1. The van der Waals surface area contributed by atoms with Crippen molar-refractivity contribution in [2.45, 2.75) is 31.1 Å². The molecule has 23 heavy (non-hydrogen) atoms. The zero-order valence-corrected chi connectivity index (χ0v) is 13.4. The second-order valence-corrected chi connectivity index (χ2v) is 6.18. The van der Waals surface area contributed by atoms with Crippen molar-refractivity contribution in [3.63, 3.8) is 0 Å². The van der Waals surface area contributed by atoms with Gasteiger partial charge >= 0.3 is 0 Å². The average molecular weight is 310 g/mol. The Morgan fingerprint density at radius 3 is 2.61 bits per heavy atom. The Hall–Kier alpha value is -2.36. The molecule has 0 radical (unpaired) electrons. The summed E-state index contributed by atoms with van der Waals surface area (Å²) >= 11 is 0. The molecule has 0 bridgehead atoms. The van der Waals surface area contributed by atoms with Gasteiger partial charge in [-0.1, -0.05) is 24.6 Å². The summed E-state index contributed by atoms with van der Waals surface area (Å²) in [6.45, 7) is 0.693. The van der Waals surface area contributed by atoms with E-state index in [9.17, 15) is 4.79 Å². The van der Waals surface area contributed by atoms with Gasteiger partial charge in [-0.05, 0) is 42.2 Å². The van der Waals surface area contributed by atoms with Crippen molar-refractivity contribution in [1.29, 1.82) is 0 Å². The molecule has 0 spiro atoms. The van der Waals surface area contributed by atoms with E-state index < -0.39 is 0 Å². The number of methoxy groups -OCH3 is 1. The first-order valence-corrected chi connectivity index (χ1v) is 8.02. The Labute approximate surface area is 136 Å². The predicted molar refractivity (Wildman–Crippen MR) is 89.5 cm³/mol. The Kier molecular flexibility index (Phi) is 4.60. The van der Waals surface area contributed by atoms with Crippen molar-refractivity contribution in [2.24, 2.45) is 0 Å². The normalized spacial score (nSPS) is 15.5. The highest BCUT2D eigenvalue weighted by molar-refractivity contribution is 5.78. The zero-order chi connectivity index (χ0) is 16.1. The molecule has 1 aromatic heterocycles. The van der Waals surface area contributed by atoms with E-state index in [0.717, 1.165) is 24.2 Å². The van der Waals surface area contributed by atoms with Gasteiger partial charge in [0.1, 0.15) is 5.75 Å². The van der Waals surface area contributed by atoms with E-state index in [2.05, 4.69) is 22.4 Å². The average Bonchev–Trinajstić information content (AvgIpc) is 2.55. The summed E-state index contributed by atoms with van der Waals surface area (Å²) in [6.07, 6.45) is 7.28. The number of hydrogen-bond donors (Lipinski definition) is 1. The van der Waals surface area contributed by atoms with Gasteiger partial charge in [-0.15, -0.1) is 0 Å². The van der Waals surface area contributed by atoms with Crippen molar-refractivity contribution < 1.29 is 9.53 Å². The molecule has 1 fully saturated rings. The van der Waals surface area contributed by atoms with Crippen LogP contribution in [0.15, 0.2) is 48.8 Å². The Balaban J connectivity index is 1.61. The van der Waals surface area contributed by atoms with Crippen LogP contribution >= 0.6 is 0 Å². The fourth-order valence-electron chi connectivity index (χ4n) is 3.13. The molecule has 2 aromatic rings. The highest BCUT2D eigenvalue weighted by Gasteiger charge is 2.38. The largest absolute Gasteiger partial charge is 0.497 e. The molecule has 0 atom stereocenters. The molecule has 0 aliphatic heterocycles. The van der Waals surface area contributed by atoms with Crippen LogP contribution in [0.25, 0.3) is 0 Å². The molecule has 1 aromatic carbocycles. The first-order valence-electron chi connectivity index (χ1n) is 8.02. The van der Waals surface area contributed by atoms with Crippen LogP contribution in [0, 0.1) is 0 Å². The number of rotatable bonds is 6. The predicted octanol–water partition coefficient (Wildman–Crippen LogP) is 2.87. The van der Waals surface area contributed by atoms with Crippen LogP contribution in [0.3, 0.4) is 0 Å². The first-order chi connectivity index (χ1) is 11.2. The van der Waals surface area contributed by atoms with E-state index in [4.69, 9.17) is 4.74 Å². The Morgan fingerprint density at radius 2 is 2.04 bits per heavy atom. The number of benzene rings is 1. The summed E-state index contributed by atoms with van der Waals surface area (Å²) in [6, 6.07) is 12.0. The van der Waals surface area contributed by atoms with Gasteiger partial charge in [0, 0.05) is 24.4 Å². The quantitative estimate of drug-likeness (QED) is 0.892. The molecule has 4 nitrogen and oxygen atoms in total. The first kappa shape index (κ1) is 15.5. The van der Waals surface area contributed by atoms with Gasteiger partial charge in [0.05, 0.1) is 13.5 Å².